The summed E-state index contributed by atoms with van der Waals surface area (Å²) in [6.07, 6.45) is -4.70. The van der Waals surface area contributed by atoms with Crippen molar-refractivity contribution in [3.05, 3.63) is 79.7 Å². The highest BCUT2D eigenvalue weighted by atomic mass is 32.1. The molecule has 1 aromatic carbocycles. The highest BCUT2D eigenvalue weighted by Crippen LogP contribution is 2.40. The Labute approximate surface area is 210 Å². The summed E-state index contributed by atoms with van der Waals surface area (Å²) in [5.74, 6) is -1.80. The first-order valence-corrected chi connectivity index (χ1v) is 11.3. The van der Waals surface area contributed by atoms with Crippen molar-refractivity contribution in [2.45, 2.75) is 26.6 Å². The molecular formula is C23H17F3N4O6S. The maximum Gasteiger partial charge on any atom is 0.433 e. The van der Waals surface area contributed by atoms with Crippen LogP contribution in [0.3, 0.4) is 0 Å². The number of nitrogens with two attached hydrogens (primary N) is 1. The van der Waals surface area contributed by atoms with Gasteiger partial charge in [-0.05, 0) is 49.2 Å². The molecule has 0 aliphatic heterocycles. The van der Waals surface area contributed by atoms with E-state index in [-0.39, 0.29) is 55.9 Å². The first kappa shape index (κ1) is 25.6. The van der Waals surface area contributed by atoms with E-state index in [4.69, 9.17) is 14.9 Å². The van der Waals surface area contributed by atoms with Crippen molar-refractivity contribution in [1.29, 1.82) is 0 Å². The lowest BCUT2D eigenvalue weighted by Gasteiger charge is -2.09. The molecule has 37 heavy (non-hydrogen) atoms. The van der Waals surface area contributed by atoms with Gasteiger partial charge in [0.25, 0.3) is 11.8 Å². The summed E-state index contributed by atoms with van der Waals surface area (Å²) in [4.78, 5) is 38.8. The number of nitro groups is 1. The molecule has 3 heterocycles. The molecule has 3 aromatic heterocycles. The fraction of sp³-hybridized carbons (Fsp3) is 0.174. The number of hydrogen-bond acceptors (Lipinski definition) is 8. The molecule has 0 aliphatic rings. The van der Waals surface area contributed by atoms with Gasteiger partial charge in [0.05, 0.1) is 10.6 Å². The van der Waals surface area contributed by atoms with Gasteiger partial charge in [0, 0.05) is 11.5 Å². The second kappa shape index (κ2) is 9.54. The molecular weight excluding hydrogens is 517 g/mol. The minimum absolute atomic E-state index is 0.00930. The van der Waals surface area contributed by atoms with Gasteiger partial charge in [0.15, 0.2) is 11.5 Å². The summed E-state index contributed by atoms with van der Waals surface area (Å²) in [5, 5.41) is 13.9. The number of furan rings is 1. The number of pyridine rings is 1. The summed E-state index contributed by atoms with van der Waals surface area (Å²) in [6.45, 7) is 2.86. The molecule has 0 fully saturated rings. The van der Waals surface area contributed by atoms with Crippen LogP contribution in [0, 0.1) is 24.0 Å². The van der Waals surface area contributed by atoms with Crippen LogP contribution in [0.4, 0.5) is 24.5 Å². The van der Waals surface area contributed by atoms with E-state index < -0.39 is 28.6 Å². The predicted molar refractivity (Wildman–Crippen MR) is 127 cm³/mol. The lowest BCUT2D eigenvalue weighted by atomic mass is 10.1. The zero-order valence-corrected chi connectivity index (χ0v) is 20.0. The van der Waals surface area contributed by atoms with Crippen molar-refractivity contribution in [3.63, 3.8) is 0 Å². The van der Waals surface area contributed by atoms with Crippen LogP contribution in [-0.4, -0.2) is 21.7 Å². The zero-order valence-electron chi connectivity index (χ0n) is 19.1. The average molecular weight is 534 g/mol. The summed E-state index contributed by atoms with van der Waals surface area (Å²) >= 11 is 0.623. The lowest BCUT2D eigenvalue weighted by Crippen LogP contribution is -2.16. The van der Waals surface area contributed by atoms with E-state index in [0.29, 0.717) is 16.9 Å². The molecule has 192 valence electrons. The summed E-state index contributed by atoms with van der Waals surface area (Å²) in [5.41, 5.74) is 4.74. The number of anilines is 1. The number of nitrogens with zero attached hydrogens (tertiary/aromatic N) is 2. The molecule has 0 radical (unpaired) electrons. The third kappa shape index (κ3) is 5.23. The Bertz CT molecular complexity index is 1560. The normalized spacial score (nSPS) is 11.5. The Balaban J connectivity index is 1.58. The number of nitrogens with one attached hydrogen (secondary N) is 1. The first-order valence-electron chi connectivity index (χ1n) is 10.4. The number of nitro benzene ring substituents is 1. The van der Waals surface area contributed by atoms with Gasteiger partial charge in [-0.15, -0.1) is 11.3 Å². The van der Waals surface area contributed by atoms with Gasteiger partial charge in [-0.25, -0.2) is 4.98 Å². The van der Waals surface area contributed by atoms with Crippen molar-refractivity contribution >= 4 is 44.7 Å². The number of carbonyl (C=O) groups is 2. The number of fused-ring (bicyclic) bond motifs is 1. The van der Waals surface area contributed by atoms with Crippen LogP contribution < -0.4 is 15.8 Å². The minimum Gasteiger partial charge on any atom is -0.479 e. The molecule has 4 aromatic rings. The van der Waals surface area contributed by atoms with E-state index >= 15 is 0 Å². The van der Waals surface area contributed by atoms with Crippen LogP contribution in [0.2, 0.25) is 0 Å². The molecule has 0 aliphatic carbocycles. The van der Waals surface area contributed by atoms with E-state index in [9.17, 15) is 32.9 Å². The van der Waals surface area contributed by atoms with Crippen LogP contribution in [-0.2, 0) is 12.8 Å². The number of primary amides is 1. The van der Waals surface area contributed by atoms with Crippen LogP contribution >= 0.6 is 11.3 Å². The van der Waals surface area contributed by atoms with Gasteiger partial charge in [0.1, 0.15) is 27.8 Å². The van der Waals surface area contributed by atoms with Crippen molar-refractivity contribution < 1.29 is 36.8 Å². The van der Waals surface area contributed by atoms with Crippen LogP contribution in [0.25, 0.3) is 10.2 Å². The van der Waals surface area contributed by atoms with Crippen molar-refractivity contribution in [3.8, 4) is 5.75 Å². The maximum absolute atomic E-state index is 13.2. The number of benzene rings is 1. The Kier molecular flexibility index (Phi) is 6.61. The van der Waals surface area contributed by atoms with Gasteiger partial charge in [-0.1, -0.05) is 6.07 Å². The van der Waals surface area contributed by atoms with Gasteiger partial charge in [-0.2, -0.15) is 13.2 Å². The minimum atomic E-state index is -4.70. The number of rotatable bonds is 7. The molecule has 0 saturated carbocycles. The quantitative estimate of drug-likeness (QED) is 0.239. The van der Waals surface area contributed by atoms with E-state index in [0.717, 1.165) is 6.07 Å². The number of ether oxygens (including phenoxy) is 1. The van der Waals surface area contributed by atoms with Crippen molar-refractivity contribution in [2.75, 3.05) is 5.32 Å². The molecule has 0 spiro atoms. The van der Waals surface area contributed by atoms with Gasteiger partial charge >= 0.3 is 11.9 Å². The Hall–Kier alpha value is -4.46. The average Bonchev–Trinajstić information content (AvgIpc) is 3.43. The Morgan fingerprint density at radius 3 is 2.59 bits per heavy atom. The lowest BCUT2D eigenvalue weighted by molar-refractivity contribution is -0.386. The fourth-order valence-corrected chi connectivity index (χ4v) is 4.57. The topological polar surface area (TPSA) is 151 Å². The summed E-state index contributed by atoms with van der Waals surface area (Å²) in [7, 11) is 0. The van der Waals surface area contributed by atoms with Gasteiger partial charge in [0.2, 0.25) is 0 Å². The molecule has 0 unspecified atom stereocenters. The smallest absolute Gasteiger partial charge is 0.433 e. The second-order valence-corrected chi connectivity index (χ2v) is 8.91. The fourth-order valence-electron chi connectivity index (χ4n) is 3.51. The van der Waals surface area contributed by atoms with Crippen molar-refractivity contribution in [2.24, 2.45) is 5.73 Å². The number of aromatic nitrogens is 1. The standard InChI is InChI=1S/C23H17F3N4O6S/c1-10-3-5-14(13(7-10)30(33)34)35-9-12-4-6-15(36-12)21(32)29-18-17-11(2)8-16(23(24,25)26)28-22(17)37-19(18)20(27)31/h3-8H,9H2,1-2H3,(H2,27,31)(H,29,32). The number of hydrogen-bond donors (Lipinski definition) is 2. The third-order valence-corrected chi connectivity index (χ3v) is 6.28. The Morgan fingerprint density at radius 2 is 1.95 bits per heavy atom. The van der Waals surface area contributed by atoms with Crippen LogP contribution in [0.15, 0.2) is 40.8 Å². The van der Waals surface area contributed by atoms with E-state index in [1.54, 1.807) is 13.0 Å². The number of thiophene rings is 1. The highest BCUT2D eigenvalue weighted by Gasteiger charge is 2.34. The van der Waals surface area contributed by atoms with E-state index in [1.165, 1.54) is 31.2 Å². The van der Waals surface area contributed by atoms with Crippen LogP contribution in [0.1, 0.15) is 42.8 Å². The number of alkyl halides is 3. The van der Waals surface area contributed by atoms with E-state index in [1.807, 2.05) is 0 Å². The molecule has 4 rings (SSSR count). The highest BCUT2D eigenvalue weighted by molar-refractivity contribution is 7.21. The largest absolute Gasteiger partial charge is 0.479 e. The second-order valence-electron chi connectivity index (χ2n) is 7.91. The molecule has 2 amide bonds. The van der Waals surface area contributed by atoms with Gasteiger partial charge in [-0.3, -0.25) is 19.7 Å². The zero-order chi connectivity index (χ0) is 27.1. The SMILES string of the molecule is Cc1ccc(OCc2ccc(C(=O)Nc3c(C(N)=O)sc4nc(C(F)(F)F)cc(C)c34)o2)c([N+](=O)[O-])c1. The molecule has 14 heteroatoms. The van der Waals surface area contributed by atoms with E-state index in [2.05, 4.69) is 10.3 Å². The predicted octanol–water partition coefficient (Wildman–Crippen LogP) is 5.36. The monoisotopic (exact) mass is 534 g/mol. The summed E-state index contributed by atoms with van der Waals surface area (Å²) < 4.78 is 50.4. The van der Waals surface area contributed by atoms with Gasteiger partial charge < -0.3 is 20.2 Å². The molecule has 10 nitrogen and oxygen atoms in total. The van der Waals surface area contributed by atoms with Crippen LogP contribution in [0.5, 0.6) is 5.75 Å². The van der Waals surface area contributed by atoms with Crippen molar-refractivity contribution in [1.82, 2.24) is 4.98 Å². The molecule has 0 saturated heterocycles. The Morgan fingerprint density at radius 1 is 1.22 bits per heavy atom. The number of halogens is 3. The number of carbonyl (C=O) groups excluding carboxylic acids is 2. The third-order valence-electron chi connectivity index (χ3n) is 5.18. The number of amides is 2. The maximum atomic E-state index is 13.2. The summed E-state index contributed by atoms with van der Waals surface area (Å²) in [6, 6.07) is 7.96. The number of aryl methyl sites for hydroxylation is 2. The molecule has 3 N–H and O–H groups in total. The molecule has 0 atom stereocenters. The molecule has 0 bridgehead atoms. The first-order chi connectivity index (χ1) is 17.3.